The number of alkyl halides is 3. The molecule has 5 nitrogen and oxygen atoms in total. The first-order chi connectivity index (χ1) is 8.61. The molecular formula is C10H14F3N3O2S. The van der Waals surface area contributed by atoms with Gasteiger partial charge in [-0.05, 0) is 6.07 Å². The zero-order chi connectivity index (χ0) is 14.7. The number of hydrogen-bond acceptors (Lipinski definition) is 4. The first-order valence-corrected chi connectivity index (χ1v) is 6.91. The third kappa shape index (κ3) is 5.43. The molecule has 0 spiro atoms. The Morgan fingerprint density at radius 2 is 2.00 bits per heavy atom. The van der Waals surface area contributed by atoms with Gasteiger partial charge in [0.05, 0.1) is 0 Å². The van der Waals surface area contributed by atoms with Gasteiger partial charge >= 0.3 is 6.18 Å². The number of nitrogens with one attached hydrogen (secondary N) is 1. The second-order valence-corrected chi connectivity index (χ2v) is 5.88. The average molecular weight is 297 g/mol. The molecule has 0 fully saturated rings. The summed E-state index contributed by atoms with van der Waals surface area (Å²) < 4.78 is 60.5. The lowest BCUT2D eigenvalue weighted by atomic mass is 10.2. The Morgan fingerprint density at radius 3 is 2.53 bits per heavy atom. The molecule has 0 unspecified atom stereocenters. The van der Waals surface area contributed by atoms with Gasteiger partial charge in [-0.25, -0.2) is 18.1 Å². The van der Waals surface area contributed by atoms with Crippen LogP contribution in [0.2, 0.25) is 0 Å². The third-order valence-electron chi connectivity index (χ3n) is 2.13. The van der Waals surface area contributed by atoms with Gasteiger partial charge in [0.15, 0.2) is 5.75 Å². The van der Waals surface area contributed by atoms with Gasteiger partial charge in [-0.1, -0.05) is 6.07 Å². The summed E-state index contributed by atoms with van der Waals surface area (Å²) in [7, 11) is -0.992. The number of halogens is 3. The van der Waals surface area contributed by atoms with Crippen LogP contribution in [-0.4, -0.2) is 39.4 Å². The molecule has 0 saturated carbocycles. The summed E-state index contributed by atoms with van der Waals surface area (Å²) in [4.78, 5) is 5.67. The molecule has 0 aliphatic carbocycles. The molecule has 1 heterocycles. The number of aromatic nitrogens is 1. The maximum absolute atomic E-state index is 12.0. The average Bonchev–Trinajstić information content (AvgIpc) is 2.23. The van der Waals surface area contributed by atoms with Crippen molar-refractivity contribution in [1.82, 2.24) is 9.71 Å². The van der Waals surface area contributed by atoms with Crippen molar-refractivity contribution in [2.45, 2.75) is 12.7 Å². The number of pyridine rings is 1. The highest BCUT2D eigenvalue weighted by atomic mass is 32.2. The predicted molar refractivity (Wildman–Crippen MR) is 65.2 cm³/mol. The van der Waals surface area contributed by atoms with E-state index >= 15 is 0 Å². The zero-order valence-electron chi connectivity index (χ0n) is 10.4. The van der Waals surface area contributed by atoms with Gasteiger partial charge in [0.2, 0.25) is 10.0 Å². The third-order valence-corrected chi connectivity index (χ3v) is 3.42. The van der Waals surface area contributed by atoms with Gasteiger partial charge in [-0.15, -0.1) is 0 Å². The van der Waals surface area contributed by atoms with E-state index in [1.54, 1.807) is 31.1 Å². The van der Waals surface area contributed by atoms with Crippen molar-refractivity contribution >= 4 is 15.8 Å². The summed E-state index contributed by atoms with van der Waals surface area (Å²) in [6.07, 6.45) is -3.24. The van der Waals surface area contributed by atoms with E-state index in [1.807, 2.05) is 4.72 Å². The second-order valence-electron chi connectivity index (χ2n) is 4.08. The van der Waals surface area contributed by atoms with Crippen LogP contribution in [0.1, 0.15) is 5.56 Å². The lowest BCUT2D eigenvalue weighted by molar-refractivity contribution is -0.106. The van der Waals surface area contributed by atoms with E-state index in [0.29, 0.717) is 11.4 Å². The van der Waals surface area contributed by atoms with Gasteiger partial charge in [-0.2, -0.15) is 13.2 Å². The summed E-state index contributed by atoms with van der Waals surface area (Å²) in [6.45, 7) is -0.236. The quantitative estimate of drug-likeness (QED) is 0.885. The van der Waals surface area contributed by atoms with Crippen LogP contribution in [0.4, 0.5) is 19.0 Å². The van der Waals surface area contributed by atoms with E-state index < -0.39 is 22.0 Å². The molecule has 19 heavy (non-hydrogen) atoms. The molecule has 9 heteroatoms. The van der Waals surface area contributed by atoms with Gasteiger partial charge in [0.25, 0.3) is 0 Å². The van der Waals surface area contributed by atoms with Crippen molar-refractivity contribution in [3.8, 4) is 0 Å². The Morgan fingerprint density at radius 1 is 1.37 bits per heavy atom. The molecule has 1 aromatic heterocycles. The van der Waals surface area contributed by atoms with Crippen LogP contribution in [0.25, 0.3) is 0 Å². The van der Waals surface area contributed by atoms with Crippen molar-refractivity contribution in [3.05, 3.63) is 23.9 Å². The van der Waals surface area contributed by atoms with Crippen LogP contribution in [-0.2, 0) is 16.6 Å². The van der Waals surface area contributed by atoms with Crippen LogP contribution in [0, 0.1) is 0 Å². The summed E-state index contributed by atoms with van der Waals surface area (Å²) in [6, 6.07) is 3.18. The molecule has 1 aromatic rings. The van der Waals surface area contributed by atoms with Crippen molar-refractivity contribution < 1.29 is 21.6 Å². The Balaban J connectivity index is 2.78. The SMILES string of the molecule is CN(C)c1ncccc1CNS(=O)(=O)CC(F)(F)F. The Labute approximate surface area is 109 Å². The standard InChI is InChI=1S/C10H14F3N3O2S/c1-16(2)9-8(4-3-5-14-9)6-15-19(17,18)7-10(11,12)13/h3-5,15H,6-7H2,1-2H3. The van der Waals surface area contributed by atoms with E-state index in [-0.39, 0.29) is 6.54 Å². The first kappa shape index (κ1) is 15.7. The van der Waals surface area contributed by atoms with E-state index in [4.69, 9.17) is 0 Å². The van der Waals surface area contributed by atoms with Crippen molar-refractivity contribution in [2.75, 3.05) is 24.7 Å². The minimum absolute atomic E-state index is 0.236. The minimum Gasteiger partial charge on any atom is -0.362 e. The molecule has 1 N–H and O–H groups in total. The summed E-state index contributed by atoms with van der Waals surface area (Å²) in [5, 5.41) is 0. The maximum Gasteiger partial charge on any atom is 0.404 e. The number of sulfonamides is 1. The largest absolute Gasteiger partial charge is 0.404 e. The van der Waals surface area contributed by atoms with Crippen LogP contribution in [0.3, 0.4) is 0 Å². The number of nitrogens with zero attached hydrogens (tertiary/aromatic N) is 2. The topological polar surface area (TPSA) is 62.3 Å². The normalized spacial score (nSPS) is 12.5. The van der Waals surface area contributed by atoms with Gasteiger partial charge < -0.3 is 4.90 Å². The van der Waals surface area contributed by atoms with Crippen molar-refractivity contribution in [1.29, 1.82) is 0 Å². The second kappa shape index (κ2) is 5.74. The molecule has 0 aliphatic rings. The number of anilines is 1. The van der Waals surface area contributed by atoms with E-state index in [2.05, 4.69) is 4.98 Å². The Hall–Kier alpha value is -1.35. The smallest absolute Gasteiger partial charge is 0.362 e. The highest BCUT2D eigenvalue weighted by molar-refractivity contribution is 7.89. The Kier molecular flexibility index (Phi) is 4.75. The number of hydrogen-bond donors (Lipinski definition) is 1. The number of rotatable bonds is 5. The lowest BCUT2D eigenvalue weighted by Gasteiger charge is -2.16. The molecule has 0 saturated heterocycles. The van der Waals surface area contributed by atoms with Gasteiger partial charge in [0, 0.05) is 32.4 Å². The molecule has 0 atom stereocenters. The molecule has 0 amide bonds. The van der Waals surface area contributed by atoms with Crippen LogP contribution in [0.15, 0.2) is 18.3 Å². The highest BCUT2D eigenvalue weighted by Crippen LogP contribution is 2.18. The fraction of sp³-hybridized carbons (Fsp3) is 0.500. The van der Waals surface area contributed by atoms with Crippen LogP contribution >= 0.6 is 0 Å². The van der Waals surface area contributed by atoms with Crippen molar-refractivity contribution in [2.24, 2.45) is 0 Å². The minimum atomic E-state index is -4.76. The summed E-state index contributed by atoms with van der Waals surface area (Å²) in [5.74, 6) is -1.39. The molecular weight excluding hydrogens is 283 g/mol. The molecule has 108 valence electrons. The summed E-state index contributed by atoms with van der Waals surface area (Å²) in [5.41, 5.74) is 0.498. The molecule has 0 aromatic carbocycles. The predicted octanol–water partition coefficient (Wildman–Crippen LogP) is 1.13. The summed E-state index contributed by atoms with van der Waals surface area (Å²) >= 11 is 0. The molecule has 0 radical (unpaired) electrons. The molecule has 0 aliphatic heterocycles. The van der Waals surface area contributed by atoms with Crippen LogP contribution in [0.5, 0.6) is 0 Å². The zero-order valence-corrected chi connectivity index (χ0v) is 11.2. The van der Waals surface area contributed by atoms with Crippen molar-refractivity contribution in [3.63, 3.8) is 0 Å². The van der Waals surface area contributed by atoms with E-state index in [9.17, 15) is 21.6 Å². The van der Waals surface area contributed by atoms with Gasteiger partial charge in [0.1, 0.15) is 5.82 Å². The first-order valence-electron chi connectivity index (χ1n) is 5.26. The fourth-order valence-electron chi connectivity index (χ4n) is 1.43. The molecule has 0 bridgehead atoms. The van der Waals surface area contributed by atoms with Gasteiger partial charge in [-0.3, -0.25) is 0 Å². The highest BCUT2D eigenvalue weighted by Gasteiger charge is 2.34. The van der Waals surface area contributed by atoms with Crippen LogP contribution < -0.4 is 9.62 Å². The maximum atomic E-state index is 12.0. The molecule has 1 rings (SSSR count). The van der Waals surface area contributed by atoms with E-state index in [1.165, 1.54) is 6.20 Å². The fourth-order valence-corrected chi connectivity index (χ4v) is 2.33. The Bertz CT molecular complexity index is 529. The van der Waals surface area contributed by atoms with E-state index in [0.717, 1.165) is 0 Å². The lowest BCUT2D eigenvalue weighted by Crippen LogP contribution is -2.33. The monoisotopic (exact) mass is 297 g/mol.